The molecule has 20 heavy (non-hydrogen) atoms. The van der Waals surface area contributed by atoms with Gasteiger partial charge in [-0.1, -0.05) is 16.8 Å². The molecule has 0 aliphatic carbocycles. The van der Waals surface area contributed by atoms with E-state index in [1.54, 1.807) is 17.1 Å². The zero-order valence-corrected chi connectivity index (χ0v) is 11.8. The monoisotopic (exact) mass is 273 g/mol. The molecule has 2 N–H and O–H groups in total. The fourth-order valence-electron chi connectivity index (χ4n) is 1.92. The van der Waals surface area contributed by atoms with Crippen molar-refractivity contribution in [1.82, 2.24) is 20.3 Å². The number of rotatable bonds is 6. The summed E-state index contributed by atoms with van der Waals surface area (Å²) < 4.78 is 1.68. The number of carbonyl (C=O) groups is 1. The molecule has 0 saturated carbocycles. The third kappa shape index (κ3) is 3.57. The Morgan fingerprint density at radius 1 is 1.40 bits per heavy atom. The summed E-state index contributed by atoms with van der Waals surface area (Å²) >= 11 is 0. The largest absolute Gasteiger partial charge is 0.385 e. The van der Waals surface area contributed by atoms with Crippen LogP contribution in [0.3, 0.4) is 0 Å². The fourth-order valence-corrected chi connectivity index (χ4v) is 1.92. The summed E-state index contributed by atoms with van der Waals surface area (Å²) in [5.74, 6) is -0.0789. The molecule has 0 atom stereocenters. The zero-order valence-electron chi connectivity index (χ0n) is 11.8. The van der Waals surface area contributed by atoms with Crippen molar-refractivity contribution in [3.8, 4) is 0 Å². The maximum absolute atomic E-state index is 12.2. The summed E-state index contributed by atoms with van der Waals surface area (Å²) in [7, 11) is 0. The van der Waals surface area contributed by atoms with E-state index in [1.165, 1.54) is 0 Å². The lowest BCUT2D eigenvalue weighted by Gasteiger charge is -2.12. The van der Waals surface area contributed by atoms with Crippen LogP contribution in [-0.4, -0.2) is 34.0 Å². The van der Waals surface area contributed by atoms with Crippen molar-refractivity contribution in [2.45, 2.75) is 20.4 Å². The molecule has 2 rings (SSSR count). The Kier molecular flexibility index (Phi) is 4.70. The van der Waals surface area contributed by atoms with Crippen LogP contribution in [-0.2, 0) is 6.54 Å². The third-order valence-electron chi connectivity index (χ3n) is 2.89. The van der Waals surface area contributed by atoms with Gasteiger partial charge in [0.15, 0.2) is 0 Å². The number of amides is 1. The van der Waals surface area contributed by atoms with Crippen molar-refractivity contribution in [1.29, 1.82) is 0 Å². The first kappa shape index (κ1) is 14.0. The molecule has 0 aliphatic rings. The maximum atomic E-state index is 12.2. The second-order valence-electron chi connectivity index (χ2n) is 4.50. The highest BCUT2D eigenvalue weighted by Crippen LogP contribution is 2.17. The Bertz CT molecular complexity index is 565. The predicted molar refractivity (Wildman–Crippen MR) is 77.7 cm³/mol. The molecule has 1 aromatic heterocycles. The molecular weight excluding hydrogens is 254 g/mol. The number of hydrogen-bond acceptors (Lipinski definition) is 4. The summed E-state index contributed by atoms with van der Waals surface area (Å²) in [6.45, 7) is 5.88. The molecule has 1 heterocycles. The molecule has 0 aliphatic heterocycles. The summed E-state index contributed by atoms with van der Waals surface area (Å²) in [6.07, 6.45) is 3.38. The number of aryl methyl sites for hydroxylation is 1. The van der Waals surface area contributed by atoms with Gasteiger partial charge in [0.25, 0.3) is 5.91 Å². The molecule has 6 nitrogen and oxygen atoms in total. The molecule has 0 radical (unpaired) electrons. The van der Waals surface area contributed by atoms with E-state index in [9.17, 15) is 4.79 Å². The number of carbonyl (C=O) groups excluding carboxylic acids is 1. The van der Waals surface area contributed by atoms with E-state index in [1.807, 2.05) is 32.0 Å². The van der Waals surface area contributed by atoms with Gasteiger partial charge in [-0.2, -0.15) is 0 Å². The van der Waals surface area contributed by atoms with Crippen molar-refractivity contribution in [3.63, 3.8) is 0 Å². The highest BCUT2D eigenvalue weighted by molar-refractivity contribution is 5.99. The number of anilines is 1. The molecule has 1 aromatic carbocycles. The molecule has 0 bridgehead atoms. The van der Waals surface area contributed by atoms with E-state index < -0.39 is 0 Å². The van der Waals surface area contributed by atoms with Crippen LogP contribution in [0, 0.1) is 6.92 Å². The van der Waals surface area contributed by atoms with E-state index in [2.05, 4.69) is 20.9 Å². The SMILES string of the molecule is CCNc1ccc(C)cc1C(=O)NCCn1ccnn1. The van der Waals surface area contributed by atoms with Crippen LogP contribution in [0.4, 0.5) is 5.69 Å². The first-order valence-corrected chi connectivity index (χ1v) is 6.67. The van der Waals surface area contributed by atoms with Gasteiger partial charge in [0.2, 0.25) is 0 Å². The van der Waals surface area contributed by atoms with E-state index in [0.29, 0.717) is 18.7 Å². The first-order chi connectivity index (χ1) is 9.70. The number of benzene rings is 1. The van der Waals surface area contributed by atoms with Crippen molar-refractivity contribution < 1.29 is 4.79 Å². The minimum absolute atomic E-state index is 0.0789. The molecule has 0 saturated heterocycles. The Hall–Kier alpha value is -2.37. The van der Waals surface area contributed by atoms with Crippen molar-refractivity contribution in [3.05, 3.63) is 41.7 Å². The predicted octanol–water partition coefficient (Wildman–Crippen LogP) is 1.45. The van der Waals surface area contributed by atoms with Crippen LogP contribution in [0.25, 0.3) is 0 Å². The van der Waals surface area contributed by atoms with Gasteiger partial charge >= 0.3 is 0 Å². The van der Waals surface area contributed by atoms with E-state index in [0.717, 1.165) is 17.8 Å². The quantitative estimate of drug-likeness (QED) is 0.835. The van der Waals surface area contributed by atoms with Gasteiger partial charge in [-0.25, -0.2) is 0 Å². The molecule has 0 fully saturated rings. The minimum Gasteiger partial charge on any atom is -0.385 e. The van der Waals surface area contributed by atoms with Crippen LogP contribution in [0.15, 0.2) is 30.6 Å². The van der Waals surface area contributed by atoms with E-state index in [4.69, 9.17) is 0 Å². The number of nitrogens with zero attached hydrogens (tertiary/aromatic N) is 3. The van der Waals surface area contributed by atoms with Gasteiger partial charge in [0.05, 0.1) is 18.3 Å². The molecule has 1 amide bonds. The molecule has 2 aromatic rings. The van der Waals surface area contributed by atoms with Gasteiger partial charge in [-0.3, -0.25) is 9.48 Å². The van der Waals surface area contributed by atoms with Crippen LogP contribution in [0.2, 0.25) is 0 Å². The lowest BCUT2D eigenvalue weighted by Crippen LogP contribution is -2.28. The standard InChI is InChI=1S/C14H19N5O/c1-3-15-13-5-4-11(2)10-12(13)14(20)16-6-8-19-9-7-17-18-19/h4-5,7,9-10,15H,3,6,8H2,1-2H3,(H,16,20). The van der Waals surface area contributed by atoms with Gasteiger partial charge in [-0.15, -0.1) is 5.10 Å². The number of aromatic nitrogens is 3. The second kappa shape index (κ2) is 6.70. The van der Waals surface area contributed by atoms with Gasteiger partial charge < -0.3 is 10.6 Å². The summed E-state index contributed by atoms with van der Waals surface area (Å²) in [6, 6.07) is 5.82. The molecular formula is C14H19N5O. The van der Waals surface area contributed by atoms with Crippen LogP contribution >= 0.6 is 0 Å². The lowest BCUT2D eigenvalue weighted by atomic mass is 10.1. The van der Waals surface area contributed by atoms with Gasteiger partial charge in [-0.05, 0) is 26.0 Å². The Morgan fingerprint density at radius 3 is 2.95 bits per heavy atom. The van der Waals surface area contributed by atoms with Crippen LogP contribution in [0.5, 0.6) is 0 Å². The van der Waals surface area contributed by atoms with Gasteiger partial charge in [0, 0.05) is 25.0 Å². The van der Waals surface area contributed by atoms with Crippen molar-refractivity contribution >= 4 is 11.6 Å². The summed E-state index contributed by atoms with van der Waals surface area (Å²) in [5.41, 5.74) is 2.59. The lowest BCUT2D eigenvalue weighted by molar-refractivity contribution is 0.0952. The summed E-state index contributed by atoms with van der Waals surface area (Å²) in [4.78, 5) is 12.2. The van der Waals surface area contributed by atoms with Crippen molar-refractivity contribution in [2.75, 3.05) is 18.4 Å². The van der Waals surface area contributed by atoms with Crippen LogP contribution < -0.4 is 10.6 Å². The van der Waals surface area contributed by atoms with E-state index in [-0.39, 0.29) is 5.91 Å². The maximum Gasteiger partial charge on any atom is 0.253 e. The summed E-state index contributed by atoms with van der Waals surface area (Å²) in [5, 5.41) is 13.7. The zero-order chi connectivity index (χ0) is 14.4. The minimum atomic E-state index is -0.0789. The smallest absolute Gasteiger partial charge is 0.253 e. The molecule has 106 valence electrons. The highest BCUT2D eigenvalue weighted by atomic mass is 16.1. The highest BCUT2D eigenvalue weighted by Gasteiger charge is 2.10. The average molecular weight is 273 g/mol. The second-order valence-corrected chi connectivity index (χ2v) is 4.50. The molecule has 0 spiro atoms. The molecule has 0 unspecified atom stereocenters. The third-order valence-corrected chi connectivity index (χ3v) is 2.89. The van der Waals surface area contributed by atoms with Crippen LogP contribution in [0.1, 0.15) is 22.8 Å². The average Bonchev–Trinajstić information content (AvgIpc) is 2.94. The fraction of sp³-hybridized carbons (Fsp3) is 0.357. The number of nitrogens with one attached hydrogen (secondary N) is 2. The normalized spacial score (nSPS) is 10.3. The number of hydrogen-bond donors (Lipinski definition) is 2. The Morgan fingerprint density at radius 2 is 2.25 bits per heavy atom. The first-order valence-electron chi connectivity index (χ1n) is 6.67. The Balaban J connectivity index is 1.99. The van der Waals surface area contributed by atoms with Crippen molar-refractivity contribution in [2.24, 2.45) is 0 Å². The Labute approximate surface area is 118 Å². The van der Waals surface area contributed by atoms with Gasteiger partial charge in [0.1, 0.15) is 0 Å². The topological polar surface area (TPSA) is 71.8 Å². The molecule has 6 heteroatoms. The van der Waals surface area contributed by atoms with E-state index >= 15 is 0 Å².